The predicted molar refractivity (Wildman–Crippen MR) is 69.1 cm³/mol. The number of rotatable bonds is 7. The van der Waals surface area contributed by atoms with E-state index < -0.39 is 11.6 Å². The van der Waals surface area contributed by atoms with Crippen LogP contribution in [0.1, 0.15) is 25.7 Å². The van der Waals surface area contributed by atoms with Crippen LogP contribution in [-0.4, -0.2) is 19.2 Å². The lowest BCUT2D eigenvalue weighted by molar-refractivity contribution is 0.291. The third-order valence-corrected chi connectivity index (χ3v) is 3.90. The van der Waals surface area contributed by atoms with Crippen LogP contribution >= 0.6 is 0 Å². The molecule has 1 aromatic carbocycles. The summed E-state index contributed by atoms with van der Waals surface area (Å²) in [6.07, 6.45) is 5.38. The van der Waals surface area contributed by atoms with Crippen LogP contribution < -0.4 is 10.1 Å². The molecule has 3 rings (SSSR count). The molecule has 0 atom stereocenters. The summed E-state index contributed by atoms with van der Waals surface area (Å²) in [4.78, 5) is 0. The van der Waals surface area contributed by atoms with Crippen LogP contribution in [0, 0.1) is 23.5 Å². The molecule has 2 saturated carbocycles. The van der Waals surface area contributed by atoms with Crippen molar-refractivity contribution in [1.82, 2.24) is 5.32 Å². The quantitative estimate of drug-likeness (QED) is 0.766. The Balaban J connectivity index is 1.41. The average molecular weight is 267 g/mol. The SMILES string of the molecule is Fc1ccc(OCCNC(C2CC2)C2CC2)cc1F. The lowest BCUT2D eigenvalue weighted by Crippen LogP contribution is -2.36. The summed E-state index contributed by atoms with van der Waals surface area (Å²) in [6, 6.07) is 4.29. The molecule has 0 aliphatic heterocycles. The van der Waals surface area contributed by atoms with E-state index in [1.54, 1.807) is 0 Å². The molecule has 2 aliphatic carbocycles. The van der Waals surface area contributed by atoms with E-state index in [4.69, 9.17) is 4.74 Å². The third kappa shape index (κ3) is 3.44. The molecule has 1 aromatic rings. The van der Waals surface area contributed by atoms with E-state index >= 15 is 0 Å². The summed E-state index contributed by atoms with van der Waals surface area (Å²) in [7, 11) is 0. The van der Waals surface area contributed by atoms with Crippen molar-refractivity contribution in [3.8, 4) is 5.75 Å². The first kappa shape index (κ1) is 12.9. The highest BCUT2D eigenvalue weighted by atomic mass is 19.2. The number of hydrogen-bond donors (Lipinski definition) is 1. The fourth-order valence-corrected chi connectivity index (χ4v) is 2.59. The maximum atomic E-state index is 13.0. The smallest absolute Gasteiger partial charge is 0.162 e. The van der Waals surface area contributed by atoms with Crippen molar-refractivity contribution < 1.29 is 13.5 Å². The molecule has 0 spiro atoms. The van der Waals surface area contributed by atoms with Crippen LogP contribution in [0.2, 0.25) is 0 Å². The van der Waals surface area contributed by atoms with Gasteiger partial charge in [-0.15, -0.1) is 0 Å². The summed E-state index contributed by atoms with van der Waals surface area (Å²) in [5, 5.41) is 3.55. The topological polar surface area (TPSA) is 21.3 Å². The molecular formula is C15H19F2NO. The van der Waals surface area contributed by atoms with Gasteiger partial charge in [0.1, 0.15) is 12.4 Å². The highest BCUT2D eigenvalue weighted by molar-refractivity contribution is 5.23. The van der Waals surface area contributed by atoms with E-state index in [0.29, 0.717) is 18.4 Å². The Morgan fingerprint density at radius 1 is 1.11 bits per heavy atom. The molecule has 0 unspecified atom stereocenters. The van der Waals surface area contributed by atoms with Gasteiger partial charge in [0.15, 0.2) is 11.6 Å². The Morgan fingerprint density at radius 2 is 1.79 bits per heavy atom. The molecule has 0 radical (unpaired) electrons. The van der Waals surface area contributed by atoms with E-state index in [1.807, 2.05) is 0 Å². The van der Waals surface area contributed by atoms with Crippen molar-refractivity contribution in [2.24, 2.45) is 11.8 Å². The minimum atomic E-state index is -0.862. The summed E-state index contributed by atoms with van der Waals surface area (Å²) in [5.41, 5.74) is 0. The van der Waals surface area contributed by atoms with Crippen molar-refractivity contribution in [2.75, 3.05) is 13.2 Å². The fraction of sp³-hybridized carbons (Fsp3) is 0.600. The van der Waals surface area contributed by atoms with Gasteiger partial charge in [-0.3, -0.25) is 0 Å². The van der Waals surface area contributed by atoms with Crippen molar-refractivity contribution in [3.63, 3.8) is 0 Å². The van der Waals surface area contributed by atoms with Gasteiger partial charge in [-0.05, 0) is 49.7 Å². The van der Waals surface area contributed by atoms with Gasteiger partial charge in [0.2, 0.25) is 0 Å². The Labute approximate surface area is 112 Å². The molecule has 0 heterocycles. The van der Waals surface area contributed by atoms with Crippen LogP contribution in [0.5, 0.6) is 5.75 Å². The second kappa shape index (κ2) is 5.45. The molecule has 0 bridgehead atoms. The molecule has 2 aliphatic rings. The number of benzene rings is 1. The van der Waals surface area contributed by atoms with Crippen LogP contribution in [0.3, 0.4) is 0 Å². The molecular weight excluding hydrogens is 248 g/mol. The van der Waals surface area contributed by atoms with Crippen molar-refractivity contribution in [1.29, 1.82) is 0 Å². The Hall–Kier alpha value is -1.16. The average Bonchev–Trinajstić information content (AvgIpc) is 3.27. The normalized spacial score (nSPS) is 18.9. The summed E-state index contributed by atoms with van der Waals surface area (Å²) in [6.45, 7) is 1.25. The first-order valence-electron chi connectivity index (χ1n) is 7.05. The van der Waals surface area contributed by atoms with Crippen molar-refractivity contribution >= 4 is 0 Å². The monoisotopic (exact) mass is 267 g/mol. The fourth-order valence-electron chi connectivity index (χ4n) is 2.59. The Bertz CT molecular complexity index is 432. The first-order valence-corrected chi connectivity index (χ1v) is 7.05. The zero-order valence-corrected chi connectivity index (χ0v) is 10.9. The van der Waals surface area contributed by atoms with Crippen LogP contribution in [0.25, 0.3) is 0 Å². The lowest BCUT2D eigenvalue weighted by Gasteiger charge is -2.17. The highest BCUT2D eigenvalue weighted by Gasteiger charge is 2.40. The molecule has 0 saturated heterocycles. The number of ether oxygens (including phenoxy) is 1. The van der Waals surface area contributed by atoms with E-state index in [9.17, 15) is 8.78 Å². The third-order valence-electron chi connectivity index (χ3n) is 3.90. The van der Waals surface area contributed by atoms with E-state index in [2.05, 4.69) is 5.32 Å². The largest absolute Gasteiger partial charge is 0.492 e. The zero-order chi connectivity index (χ0) is 13.2. The molecule has 19 heavy (non-hydrogen) atoms. The van der Waals surface area contributed by atoms with Gasteiger partial charge in [0.05, 0.1) is 0 Å². The minimum absolute atomic E-state index is 0.384. The summed E-state index contributed by atoms with van der Waals surface area (Å²) in [5.74, 6) is 0.397. The van der Waals surface area contributed by atoms with Crippen LogP contribution in [-0.2, 0) is 0 Å². The maximum Gasteiger partial charge on any atom is 0.162 e. The Morgan fingerprint density at radius 3 is 2.37 bits per heavy atom. The molecule has 4 heteroatoms. The lowest BCUT2D eigenvalue weighted by atomic mass is 10.1. The molecule has 2 nitrogen and oxygen atoms in total. The molecule has 0 amide bonds. The second-order valence-corrected chi connectivity index (χ2v) is 5.58. The van der Waals surface area contributed by atoms with E-state index in [1.165, 1.54) is 31.7 Å². The standard InChI is InChI=1S/C15H19F2NO/c16-13-6-5-12(9-14(13)17)19-8-7-18-15(10-1-2-10)11-3-4-11/h5-6,9-11,15,18H,1-4,7-8H2. The highest BCUT2D eigenvalue weighted by Crippen LogP contribution is 2.44. The van der Waals surface area contributed by atoms with Gasteiger partial charge in [-0.2, -0.15) is 0 Å². The van der Waals surface area contributed by atoms with Crippen LogP contribution in [0.15, 0.2) is 18.2 Å². The minimum Gasteiger partial charge on any atom is -0.492 e. The Kier molecular flexibility index (Phi) is 3.69. The second-order valence-electron chi connectivity index (χ2n) is 5.58. The zero-order valence-electron chi connectivity index (χ0n) is 10.9. The van der Waals surface area contributed by atoms with Gasteiger partial charge < -0.3 is 10.1 Å². The van der Waals surface area contributed by atoms with Crippen molar-refractivity contribution in [3.05, 3.63) is 29.8 Å². The molecule has 2 fully saturated rings. The van der Waals surface area contributed by atoms with E-state index in [0.717, 1.165) is 30.5 Å². The van der Waals surface area contributed by atoms with Gasteiger partial charge in [0.25, 0.3) is 0 Å². The van der Waals surface area contributed by atoms with Crippen molar-refractivity contribution in [2.45, 2.75) is 31.7 Å². The maximum absolute atomic E-state index is 13.0. The van der Waals surface area contributed by atoms with Gasteiger partial charge >= 0.3 is 0 Å². The predicted octanol–water partition coefficient (Wildman–Crippen LogP) is 3.12. The van der Waals surface area contributed by atoms with E-state index in [-0.39, 0.29) is 0 Å². The van der Waals surface area contributed by atoms with Gasteiger partial charge in [0, 0.05) is 18.7 Å². The van der Waals surface area contributed by atoms with Gasteiger partial charge in [-0.1, -0.05) is 0 Å². The summed E-state index contributed by atoms with van der Waals surface area (Å²) < 4.78 is 31.1. The molecule has 1 N–H and O–H groups in total. The van der Waals surface area contributed by atoms with Gasteiger partial charge in [-0.25, -0.2) is 8.78 Å². The summed E-state index contributed by atoms with van der Waals surface area (Å²) >= 11 is 0. The first-order chi connectivity index (χ1) is 9.24. The molecule has 104 valence electrons. The number of nitrogens with one attached hydrogen (secondary N) is 1. The number of hydrogen-bond acceptors (Lipinski definition) is 2. The number of halogens is 2. The van der Waals surface area contributed by atoms with Crippen LogP contribution in [0.4, 0.5) is 8.78 Å². The molecule has 0 aromatic heterocycles.